The molecule has 24 heavy (non-hydrogen) atoms. The molecule has 1 heterocycles. The Hall–Kier alpha value is -2.71. The molecule has 1 saturated heterocycles. The normalized spacial score (nSPS) is 18.2. The molecule has 2 aromatic rings. The van der Waals surface area contributed by atoms with Crippen molar-refractivity contribution in [1.29, 1.82) is 5.26 Å². The summed E-state index contributed by atoms with van der Waals surface area (Å²) in [5, 5.41) is 15.0. The number of carbonyl (C=O) groups is 1. The van der Waals surface area contributed by atoms with Gasteiger partial charge in [0.25, 0.3) is 5.91 Å². The van der Waals surface area contributed by atoms with Gasteiger partial charge in [-0.1, -0.05) is 43.0 Å². The minimum absolute atomic E-state index is 0.0907. The number of hydrogen-bond acceptors (Lipinski definition) is 4. The maximum Gasteiger partial charge on any atom is 0.260 e. The van der Waals surface area contributed by atoms with Gasteiger partial charge in [-0.05, 0) is 47.9 Å². The van der Waals surface area contributed by atoms with Crippen LogP contribution in [0.15, 0.2) is 53.4 Å². The van der Waals surface area contributed by atoms with Crippen molar-refractivity contribution in [3.63, 3.8) is 0 Å². The molecule has 0 aliphatic carbocycles. The third-order valence-electron chi connectivity index (χ3n) is 3.73. The summed E-state index contributed by atoms with van der Waals surface area (Å²) in [7, 11) is 0. The van der Waals surface area contributed by atoms with E-state index in [9.17, 15) is 4.79 Å². The number of anilines is 1. The van der Waals surface area contributed by atoms with E-state index in [1.807, 2.05) is 30.3 Å². The van der Waals surface area contributed by atoms with Crippen molar-refractivity contribution in [3.8, 4) is 6.07 Å². The van der Waals surface area contributed by atoms with E-state index in [2.05, 4.69) is 35.8 Å². The topological polar surface area (TPSA) is 64.9 Å². The Kier molecular flexibility index (Phi) is 4.88. The lowest BCUT2D eigenvalue weighted by Crippen LogP contribution is -2.30. The highest BCUT2D eigenvalue weighted by molar-refractivity contribution is 8.05. The molecule has 0 radical (unpaired) electrons. The van der Waals surface area contributed by atoms with Crippen LogP contribution in [-0.2, 0) is 11.2 Å². The minimum atomic E-state index is -0.186. The SMILES string of the molecule is CCc1ccc(N[C@@H]2NC(=O)/C(=C/c3ccc(C#N)cc3)S2)cc1. The Labute approximate surface area is 145 Å². The first-order valence-corrected chi connectivity index (χ1v) is 8.61. The Bertz CT molecular complexity index is 804. The number of benzene rings is 2. The second-order valence-corrected chi connectivity index (χ2v) is 6.56. The molecule has 0 aromatic heterocycles. The molecule has 0 saturated carbocycles. The summed E-state index contributed by atoms with van der Waals surface area (Å²) in [5.74, 6) is -0.0907. The van der Waals surface area contributed by atoms with Crippen LogP contribution in [0.5, 0.6) is 0 Å². The number of thioether (sulfide) groups is 1. The molecule has 2 aromatic carbocycles. The van der Waals surface area contributed by atoms with Crippen LogP contribution in [-0.4, -0.2) is 11.4 Å². The zero-order valence-corrected chi connectivity index (χ0v) is 14.1. The van der Waals surface area contributed by atoms with Gasteiger partial charge in [0.15, 0.2) is 5.50 Å². The van der Waals surface area contributed by atoms with E-state index in [0.29, 0.717) is 10.5 Å². The Morgan fingerprint density at radius 1 is 1.21 bits per heavy atom. The zero-order chi connectivity index (χ0) is 16.9. The summed E-state index contributed by atoms with van der Waals surface area (Å²) in [6.07, 6.45) is 2.84. The first-order chi connectivity index (χ1) is 11.7. The lowest BCUT2D eigenvalue weighted by molar-refractivity contribution is -0.116. The molecular weight excluding hydrogens is 318 g/mol. The van der Waals surface area contributed by atoms with Gasteiger partial charge in [-0.2, -0.15) is 5.26 Å². The Morgan fingerprint density at radius 3 is 2.54 bits per heavy atom. The predicted molar refractivity (Wildman–Crippen MR) is 98.1 cm³/mol. The van der Waals surface area contributed by atoms with Gasteiger partial charge in [0.1, 0.15) is 0 Å². The van der Waals surface area contributed by atoms with Gasteiger partial charge in [-0.15, -0.1) is 0 Å². The van der Waals surface area contributed by atoms with Crippen LogP contribution in [0.25, 0.3) is 6.08 Å². The fourth-order valence-electron chi connectivity index (χ4n) is 2.36. The van der Waals surface area contributed by atoms with E-state index >= 15 is 0 Å². The zero-order valence-electron chi connectivity index (χ0n) is 13.2. The molecule has 0 unspecified atom stereocenters. The molecule has 4 nitrogen and oxygen atoms in total. The fraction of sp³-hybridized carbons (Fsp3) is 0.158. The maximum atomic E-state index is 12.1. The summed E-state index contributed by atoms with van der Waals surface area (Å²) in [6.45, 7) is 2.12. The predicted octanol–water partition coefficient (Wildman–Crippen LogP) is 3.72. The van der Waals surface area contributed by atoms with Gasteiger partial charge in [-0.25, -0.2) is 0 Å². The first kappa shape index (κ1) is 16.2. The van der Waals surface area contributed by atoms with Gasteiger partial charge in [-0.3, -0.25) is 4.79 Å². The molecule has 120 valence electrons. The molecule has 0 bridgehead atoms. The summed E-state index contributed by atoms with van der Waals surface area (Å²) < 4.78 is 0. The van der Waals surface area contributed by atoms with Crippen molar-refractivity contribution in [2.24, 2.45) is 0 Å². The van der Waals surface area contributed by atoms with Crippen LogP contribution in [0.4, 0.5) is 5.69 Å². The van der Waals surface area contributed by atoms with E-state index < -0.39 is 0 Å². The van der Waals surface area contributed by atoms with Crippen molar-refractivity contribution in [2.45, 2.75) is 18.8 Å². The molecule has 3 rings (SSSR count). The fourth-order valence-corrected chi connectivity index (χ4v) is 3.34. The molecule has 1 aliphatic rings. The van der Waals surface area contributed by atoms with E-state index in [1.165, 1.54) is 17.3 Å². The van der Waals surface area contributed by atoms with Gasteiger partial charge in [0, 0.05) is 5.69 Å². The first-order valence-electron chi connectivity index (χ1n) is 7.73. The van der Waals surface area contributed by atoms with Crippen LogP contribution in [0.3, 0.4) is 0 Å². The molecule has 1 amide bonds. The second kappa shape index (κ2) is 7.24. The highest BCUT2D eigenvalue weighted by Crippen LogP contribution is 2.30. The Morgan fingerprint density at radius 2 is 1.92 bits per heavy atom. The van der Waals surface area contributed by atoms with Crippen LogP contribution < -0.4 is 10.6 Å². The maximum absolute atomic E-state index is 12.1. The van der Waals surface area contributed by atoms with E-state index in [4.69, 9.17) is 5.26 Å². The van der Waals surface area contributed by atoms with Gasteiger partial charge in [0.05, 0.1) is 16.5 Å². The van der Waals surface area contributed by atoms with Crippen LogP contribution in [0.1, 0.15) is 23.6 Å². The summed E-state index contributed by atoms with van der Waals surface area (Å²) in [5.41, 5.74) is 3.58. The lowest BCUT2D eigenvalue weighted by Gasteiger charge is -2.12. The number of aryl methyl sites for hydroxylation is 1. The largest absolute Gasteiger partial charge is 0.357 e. The smallest absolute Gasteiger partial charge is 0.260 e. The van der Waals surface area contributed by atoms with Crippen molar-refractivity contribution in [3.05, 3.63) is 70.1 Å². The summed E-state index contributed by atoms with van der Waals surface area (Å²) in [4.78, 5) is 12.8. The summed E-state index contributed by atoms with van der Waals surface area (Å²) >= 11 is 1.45. The minimum Gasteiger partial charge on any atom is -0.357 e. The number of carbonyl (C=O) groups excluding carboxylic acids is 1. The van der Waals surface area contributed by atoms with Crippen LogP contribution >= 0.6 is 11.8 Å². The number of nitriles is 1. The van der Waals surface area contributed by atoms with Crippen LogP contribution in [0, 0.1) is 11.3 Å². The van der Waals surface area contributed by atoms with Crippen molar-refractivity contribution >= 4 is 29.4 Å². The van der Waals surface area contributed by atoms with Crippen molar-refractivity contribution in [1.82, 2.24) is 5.32 Å². The van der Waals surface area contributed by atoms with E-state index in [1.54, 1.807) is 12.1 Å². The van der Waals surface area contributed by atoms with Gasteiger partial charge < -0.3 is 10.6 Å². The van der Waals surface area contributed by atoms with Gasteiger partial charge >= 0.3 is 0 Å². The highest BCUT2D eigenvalue weighted by Gasteiger charge is 2.26. The highest BCUT2D eigenvalue weighted by atomic mass is 32.2. The molecule has 2 N–H and O–H groups in total. The molecule has 1 aliphatic heterocycles. The molecule has 0 spiro atoms. The molecular formula is C19H17N3OS. The number of rotatable bonds is 4. The quantitative estimate of drug-likeness (QED) is 0.836. The van der Waals surface area contributed by atoms with Crippen molar-refractivity contribution in [2.75, 3.05) is 5.32 Å². The van der Waals surface area contributed by atoms with Crippen LogP contribution in [0.2, 0.25) is 0 Å². The van der Waals surface area contributed by atoms with Gasteiger partial charge in [0.2, 0.25) is 0 Å². The second-order valence-electron chi connectivity index (χ2n) is 5.41. The number of nitrogens with zero attached hydrogens (tertiary/aromatic N) is 1. The van der Waals surface area contributed by atoms with E-state index in [0.717, 1.165) is 17.7 Å². The molecule has 1 fully saturated rings. The summed E-state index contributed by atoms with van der Waals surface area (Å²) in [6, 6.07) is 17.5. The number of hydrogen-bond donors (Lipinski definition) is 2. The standard InChI is InChI=1S/C19H17N3OS/c1-2-13-7-9-16(10-8-13)21-19-22-18(23)17(24-19)11-14-3-5-15(12-20)6-4-14/h3-11,19,21H,2H2,1H3,(H,22,23)/b17-11-/t19-/m1/s1. The third-order valence-corrected chi connectivity index (χ3v) is 4.76. The Balaban J connectivity index is 1.68. The van der Waals surface area contributed by atoms with E-state index in [-0.39, 0.29) is 11.4 Å². The number of amides is 1. The lowest BCUT2D eigenvalue weighted by atomic mass is 10.1. The third kappa shape index (κ3) is 3.79. The monoisotopic (exact) mass is 335 g/mol. The average molecular weight is 335 g/mol. The average Bonchev–Trinajstić information content (AvgIpc) is 2.95. The molecule has 5 heteroatoms. The number of nitrogens with one attached hydrogen (secondary N) is 2. The van der Waals surface area contributed by atoms with Crippen molar-refractivity contribution < 1.29 is 4.79 Å². The molecule has 1 atom stereocenters.